The summed E-state index contributed by atoms with van der Waals surface area (Å²) in [4.78, 5) is 14.3. The van der Waals surface area contributed by atoms with Crippen LogP contribution in [-0.4, -0.2) is 24.3 Å². The normalized spacial score (nSPS) is 11.1. The standard InChI is InChI=1S/C14H12Br3NOS/c1-18(7-9-4-2-3-5-11(9)15)8-12(19)10-6-13(16)20-14(10)17/h2-6H,7-8H2,1H3. The highest BCUT2D eigenvalue weighted by molar-refractivity contribution is 9.12. The van der Waals surface area contributed by atoms with Crippen molar-refractivity contribution in [3.05, 3.63) is 53.5 Å². The summed E-state index contributed by atoms with van der Waals surface area (Å²) < 4.78 is 2.91. The average Bonchev–Trinajstić information content (AvgIpc) is 2.71. The zero-order valence-corrected chi connectivity index (χ0v) is 16.3. The maximum absolute atomic E-state index is 12.3. The molecule has 0 aliphatic rings. The van der Waals surface area contributed by atoms with Gasteiger partial charge in [0.15, 0.2) is 5.78 Å². The molecule has 0 aliphatic heterocycles. The van der Waals surface area contributed by atoms with E-state index in [4.69, 9.17) is 0 Å². The number of Topliss-reactive ketones (excluding diaryl/α,β-unsaturated/α-hetero) is 1. The number of carbonyl (C=O) groups is 1. The van der Waals surface area contributed by atoms with Crippen LogP contribution in [0.2, 0.25) is 0 Å². The molecule has 0 bridgehead atoms. The third-order valence-electron chi connectivity index (χ3n) is 2.77. The minimum atomic E-state index is 0.119. The van der Waals surface area contributed by atoms with Gasteiger partial charge in [-0.3, -0.25) is 9.69 Å². The van der Waals surface area contributed by atoms with Crippen LogP contribution in [0.3, 0.4) is 0 Å². The van der Waals surface area contributed by atoms with Crippen molar-refractivity contribution in [1.82, 2.24) is 4.90 Å². The van der Waals surface area contributed by atoms with E-state index in [0.717, 1.165) is 24.2 Å². The fourth-order valence-corrected chi connectivity index (χ4v) is 5.10. The SMILES string of the molecule is CN(CC(=O)c1cc(Br)sc1Br)Cc1ccccc1Br. The minimum Gasteiger partial charge on any atom is -0.295 e. The molecule has 20 heavy (non-hydrogen) atoms. The molecule has 0 amide bonds. The van der Waals surface area contributed by atoms with E-state index >= 15 is 0 Å². The van der Waals surface area contributed by atoms with Gasteiger partial charge in [0.25, 0.3) is 0 Å². The highest BCUT2D eigenvalue weighted by atomic mass is 79.9. The van der Waals surface area contributed by atoms with Gasteiger partial charge in [0, 0.05) is 16.6 Å². The van der Waals surface area contributed by atoms with E-state index in [1.54, 1.807) is 0 Å². The Balaban J connectivity index is 2.01. The second kappa shape index (κ2) is 7.31. The van der Waals surface area contributed by atoms with Crippen LogP contribution in [0.15, 0.2) is 42.4 Å². The second-order valence-corrected chi connectivity index (χ2v) is 9.03. The van der Waals surface area contributed by atoms with E-state index in [9.17, 15) is 4.79 Å². The van der Waals surface area contributed by atoms with Crippen LogP contribution in [0.4, 0.5) is 0 Å². The summed E-state index contributed by atoms with van der Waals surface area (Å²) in [6, 6.07) is 9.92. The molecule has 0 saturated heterocycles. The molecule has 0 fully saturated rings. The predicted octanol–water partition coefficient (Wildman–Crippen LogP) is 5.35. The number of rotatable bonds is 5. The highest BCUT2D eigenvalue weighted by Gasteiger charge is 2.16. The van der Waals surface area contributed by atoms with Gasteiger partial charge in [0.2, 0.25) is 0 Å². The molecule has 1 aromatic heterocycles. The van der Waals surface area contributed by atoms with Crippen LogP contribution < -0.4 is 0 Å². The first-order valence-electron chi connectivity index (χ1n) is 5.87. The lowest BCUT2D eigenvalue weighted by molar-refractivity contribution is 0.0942. The van der Waals surface area contributed by atoms with Crippen LogP contribution in [0, 0.1) is 0 Å². The molecule has 0 aliphatic carbocycles. The molecular formula is C14H12Br3NOS. The van der Waals surface area contributed by atoms with E-state index < -0.39 is 0 Å². The summed E-state index contributed by atoms with van der Waals surface area (Å²) in [5.41, 5.74) is 1.91. The van der Waals surface area contributed by atoms with Crippen molar-refractivity contribution >= 4 is 64.9 Å². The summed E-state index contributed by atoms with van der Waals surface area (Å²) in [6.45, 7) is 1.12. The Kier molecular flexibility index (Phi) is 5.98. The van der Waals surface area contributed by atoms with E-state index in [2.05, 4.69) is 53.9 Å². The van der Waals surface area contributed by atoms with Gasteiger partial charge in [-0.25, -0.2) is 0 Å². The number of likely N-dealkylation sites (N-methyl/N-ethyl adjacent to an activating group) is 1. The fourth-order valence-electron chi connectivity index (χ4n) is 1.83. The number of carbonyl (C=O) groups excluding carboxylic acids is 1. The highest BCUT2D eigenvalue weighted by Crippen LogP contribution is 2.32. The minimum absolute atomic E-state index is 0.119. The van der Waals surface area contributed by atoms with Gasteiger partial charge >= 0.3 is 0 Å². The number of benzene rings is 1. The molecule has 1 heterocycles. The number of thiophene rings is 1. The first kappa shape index (κ1) is 16.4. The van der Waals surface area contributed by atoms with E-state index in [0.29, 0.717) is 6.54 Å². The third-order valence-corrected chi connectivity index (χ3v) is 5.88. The summed E-state index contributed by atoms with van der Waals surface area (Å²) in [5, 5.41) is 0. The maximum atomic E-state index is 12.3. The van der Waals surface area contributed by atoms with Crippen LogP contribution in [-0.2, 0) is 6.54 Å². The van der Waals surface area contributed by atoms with Crippen LogP contribution in [0.1, 0.15) is 15.9 Å². The van der Waals surface area contributed by atoms with Crippen molar-refractivity contribution in [2.45, 2.75) is 6.54 Å². The Hall–Kier alpha value is -0.0100. The molecule has 0 atom stereocenters. The summed E-state index contributed by atoms with van der Waals surface area (Å²) >= 11 is 11.9. The number of nitrogens with zero attached hydrogens (tertiary/aromatic N) is 1. The van der Waals surface area contributed by atoms with Crippen molar-refractivity contribution in [1.29, 1.82) is 0 Å². The molecule has 2 rings (SSSR count). The van der Waals surface area contributed by atoms with Crippen LogP contribution in [0.5, 0.6) is 0 Å². The van der Waals surface area contributed by atoms with Gasteiger partial charge in [-0.05, 0) is 56.6 Å². The monoisotopic (exact) mass is 479 g/mol. The van der Waals surface area contributed by atoms with Crippen LogP contribution >= 0.6 is 59.1 Å². The molecule has 2 aromatic rings. The van der Waals surface area contributed by atoms with E-state index in [1.165, 1.54) is 16.9 Å². The molecule has 0 saturated carbocycles. The Morgan fingerprint density at radius 1 is 1.25 bits per heavy atom. The van der Waals surface area contributed by atoms with Crippen LogP contribution in [0.25, 0.3) is 0 Å². The fraction of sp³-hybridized carbons (Fsp3) is 0.214. The van der Waals surface area contributed by atoms with Crippen molar-refractivity contribution in [2.75, 3.05) is 13.6 Å². The quantitative estimate of drug-likeness (QED) is 0.536. The van der Waals surface area contributed by atoms with Crippen molar-refractivity contribution in [3.63, 3.8) is 0 Å². The lowest BCUT2D eigenvalue weighted by atomic mass is 10.2. The average molecular weight is 482 g/mol. The summed E-state index contributed by atoms with van der Waals surface area (Å²) in [6.07, 6.45) is 0. The predicted molar refractivity (Wildman–Crippen MR) is 94.5 cm³/mol. The van der Waals surface area contributed by atoms with Crippen molar-refractivity contribution < 1.29 is 4.79 Å². The molecule has 0 spiro atoms. The zero-order valence-electron chi connectivity index (χ0n) is 10.7. The van der Waals surface area contributed by atoms with Gasteiger partial charge in [0.1, 0.15) is 0 Å². The van der Waals surface area contributed by atoms with Gasteiger partial charge in [0.05, 0.1) is 14.1 Å². The molecule has 1 aromatic carbocycles. The second-order valence-electron chi connectivity index (χ2n) is 4.42. The Morgan fingerprint density at radius 3 is 2.55 bits per heavy atom. The lowest BCUT2D eigenvalue weighted by Crippen LogP contribution is -2.25. The number of hydrogen-bond acceptors (Lipinski definition) is 3. The van der Waals surface area contributed by atoms with Gasteiger partial charge in [-0.15, -0.1) is 11.3 Å². The number of ketones is 1. The Bertz CT molecular complexity index is 627. The molecule has 2 nitrogen and oxygen atoms in total. The molecular weight excluding hydrogens is 470 g/mol. The number of hydrogen-bond donors (Lipinski definition) is 0. The first-order chi connectivity index (χ1) is 9.47. The van der Waals surface area contributed by atoms with E-state index in [1.807, 2.05) is 36.2 Å². The summed E-state index contributed by atoms with van der Waals surface area (Å²) in [5.74, 6) is 0.119. The third kappa shape index (κ3) is 4.24. The molecule has 0 radical (unpaired) electrons. The topological polar surface area (TPSA) is 20.3 Å². The van der Waals surface area contributed by atoms with E-state index in [-0.39, 0.29) is 5.78 Å². The van der Waals surface area contributed by atoms with Gasteiger partial charge in [-0.2, -0.15) is 0 Å². The maximum Gasteiger partial charge on any atom is 0.178 e. The van der Waals surface area contributed by atoms with Crippen molar-refractivity contribution in [2.24, 2.45) is 0 Å². The molecule has 0 unspecified atom stereocenters. The largest absolute Gasteiger partial charge is 0.295 e. The zero-order chi connectivity index (χ0) is 14.7. The van der Waals surface area contributed by atoms with Crippen molar-refractivity contribution in [3.8, 4) is 0 Å². The molecule has 106 valence electrons. The van der Waals surface area contributed by atoms with Gasteiger partial charge < -0.3 is 0 Å². The van der Waals surface area contributed by atoms with Gasteiger partial charge in [-0.1, -0.05) is 34.1 Å². The number of halogens is 3. The summed E-state index contributed by atoms with van der Waals surface area (Å²) in [7, 11) is 1.95. The Morgan fingerprint density at radius 2 is 1.95 bits per heavy atom. The lowest BCUT2D eigenvalue weighted by Gasteiger charge is -2.16. The molecule has 6 heteroatoms. The molecule has 0 N–H and O–H groups in total. The smallest absolute Gasteiger partial charge is 0.178 e. The first-order valence-corrected chi connectivity index (χ1v) is 9.07. The Labute approximate surface area is 147 Å².